The number of carbonyl (C=O) groups is 4. The van der Waals surface area contributed by atoms with Crippen molar-refractivity contribution in [3.05, 3.63) is 35.5 Å². The van der Waals surface area contributed by atoms with Crippen molar-refractivity contribution in [2.45, 2.75) is 163 Å². The molecule has 0 amide bonds. The van der Waals surface area contributed by atoms with Gasteiger partial charge >= 0.3 is 11.9 Å². The normalized spacial score (nSPS) is 46.1. The molecule has 0 bridgehead atoms. The van der Waals surface area contributed by atoms with Crippen molar-refractivity contribution in [2.24, 2.45) is 86.3 Å². The van der Waals surface area contributed by atoms with Crippen LogP contribution in [0.5, 0.6) is 0 Å². The molecule has 15 atom stereocenters. The zero-order valence-corrected chi connectivity index (χ0v) is 36.2. The Labute approximate surface area is 347 Å². The van der Waals surface area contributed by atoms with E-state index in [1.165, 1.54) is 55.7 Å². The van der Waals surface area contributed by atoms with Gasteiger partial charge in [-0.15, -0.1) is 0 Å². The SMILES string of the molecule is C[C@H](CCC(=O)O)[C@H]1CCC2C3(CC3)C3C(CC[C@@]21C)[C@@]1(C)CCC(=O)C=C1C[C@@H]3OC[C@H](/C=C/C(=O)O)[C@H]1CCC2[C@@H]3CCC4=CC(=O)CC[C@]4(C)C3CC[C@@]21C. The maximum atomic E-state index is 13.1. The summed E-state index contributed by atoms with van der Waals surface area (Å²) in [5.41, 5.74) is 3.31. The van der Waals surface area contributed by atoms with Crippen molar-refractivity contribution in [2.75, 3.05) is 6.61 Å². The van der Waals surface area contributed by atoms with E-state index in [-0.39, 0.29) is 51.3 Å². The lowest BCUT2D eigenvalue weighted by Crippen LogP contribution is -2.53. The molecule has 7 heteroatoms. The summed E-state index contributed by atoms with van der Waals surface area (Å²) >= 11 is 0. The molecule has 7 nitrogen and oxygen atoms in total. The molecule has 0 radical (unpaired) electrons. The highest BCUT2D eigenvalue weighted by molar-refractivity contribution is 5.92. The van der Waals surface area contributed by atoms with Crippen LogP contribution in [-0.2, 0) is 23.9 Å². The Morgan fingerprint density at radius 3 is 2.10 bits per heavy atom. The Balaban J connectivity index is 1.01. The molecule has 5 unspecified atom stereocenters. The van der Waals surface area contributed by atoms with Gasteiger partial charge in [-0.2, -0.15) is 0 Å². The molecule has 58 heavy (non-hydrogen) atoms. The van der Waals surface area contributed by atoms with Crippen molar-refractivity contribution in [3.8, 4) is 0 Å². The van der Waals surface area contributed by atoms with Crippen molar-refractivity contribution < 1.29 is 34.1 Å². The zero-order chi connectivity index (χ0) is 41.0. The lowest BCUT2D eigenvalue weighted by molar-refractivity contribution is -0.137. The smallest absolute Gasteiger partial charge is 0.327 e. The van der Waals surface area contributed by atoms with E-state index < -0.39 is 11.9 Å². The van der Waals surface area contributed by atoms with E-state index >= 15 is 0 Å². The standard InChI is InChI=1S/C51H72O7/c1-30(6-14-44(54)55)37-12-13-43-50(37,5)23-19-41-46(51(43)24-25-51)42(28-33-27-35(53)17-21-48(33,41)3)58-29-31(7-15-45(56)57)38-10-11-39-36-9-8-32-26-34(52)16-20-47(32,2)40(36)18-22-49(38,39)4/h7,15,26-27,30-31,36-43,46H,6,8-14,16-25,28-29H2,1-5H3,(H,54,55)(H,56,57)/b15-7+/t30-,31+,36+,37-,38-,39?,40?,41?,42+,43?,46?,47+,48+,49-,50-/m1/s1. The van der Waals surface area contributed by atoms with E-state index in [0.717, 1.165) is 64.2 Å². The number of aliphatic carboxylic acids is 2. The summed E-state index contributed by atoms with van der Waals surface area (Å²) in [7, 11) is 0. The third-order valence-electron chi connectivity index (χ3n) is 20.7. The number of ether oxygens (including phenoxy) is 1. The Hall–Kier alpha value is -2.54. The highest BCUT2D eigenvalue weighted by Gasteiger charge is 2.70. The van der Waals surface area contributed by atoms with Crippen LogP contribution in [0.2, 0.25) is 0 Å². The quantitative estimate of drug-likeness (QED) is 0.211. The van der Waals surface area contributed by atoms with Gasteiger partial charge in [0, 0.05) is 31.3 Å². The number of carboxylic acid groups (broad SMARTS) is 2. The van der Waals surface area contributed by atoms with Gasteiger partial charge in [0.2, 0.25) is 0 Å². The Kier molecular flexibility index (Phi) is 10.2. The molecule has 9 aliphatic rings. The van der Waals surface area contributed by atoms with Gasteiger partial charge in [-0.25, -0.2) is 4.79 Å². The topological polar surface area (TPSA) is 118 Å². The first-order chi connectivity index (χ1) is 27.5. The van der Waals surface area contributed by atoms with E-state index in [0.29, 0.717) is 78.5 Å². The first-order valence-corrected chi connectivity index (χ1v) is 23.8. The van der Waals surface area contributed by atoms with Gasteiger partial charge in [0.1, 0.15) is 0 Å². The van der Waals surface area contributed by atoms with Crippen LogP contribution in [0, 0.1) is 86.3 Å². The monoisotopic (exact) mass is 797 g/mol. The number of hydrogen-bond acceptors (Lipinski definition) is 5. The van der Waals surface area contributed by atoms with Crippen LogP contribution in [0.15, 0.2) is 35.5 Å². The Morgan fingerprint density at radius 2 is 1.41 bits per heavy atom. The summed E-state index contributed by atoms with van der Waals surface area (Å²) in [6, 6.07) is 0. The summed E-state index contributed by atoms with van der Waals surface area (Å²) in [6.45, 7) is 12.9. The van der Waals surface area contributed by atoms with Crippen LogP contribution in [0.25, 0.3) is 0 Å². The largest absolute Gasteiger partial charge is 0.481 e. The van der Waals surface area contributed by atoms with Gasteiger partial charge in [0.15, 0.2) is 11.6 Å². The molecule has 0 saturated heterocycles. The highest BCUT2D eigenvalue weighted by Crippen LogP contribution is 2.77. The molecule has 0 aromatic carbocycles. The molecule has 7 fully saturated rings. The summed E-state index contributed by atoms with van der Waals surface area (Å²) in [5.74, 6) is 3.53. The fourth-order valence-electron chi connectivity index (χ4n) is 17.8. The second-order valence-electron chi connectivity index (χ2n) is 22.7. The van der Waals surface area contributed by atoms with Gasteiger partial charge in [-0.3, -0.25) is 14.4 Å². The van der Waals surface area contributed by atoms with Crippen molar-refractivity contribution in [1.29, 1.82) is 0 Å². The van der Waals surface area contributed by atoms with E-state index in [2.05, 4.69) is 34.6 Å². The average Bonchev–Trinajstić information content (AvgIpc) is 3.79. The van der Waals surface area contributed by atoms with Crippen molar-refractivity contribution in [3.63, 3.8) is 0 Å². The molecule has 0 aromatic heterocycles. The van der Waals surface area contributed by atoms with Crippen LogP contribution in [0.4, 0.5) is 0 Å². The molecule has 9 rings (SSSR count). The first kappa shape index (κ1) is 40.8. The molecule has 0 heterocycles. The minimum atomic E-state index is -0.896. The van der Waals surface area contributed by atoms with Crippen molar-refractivity contribution >= 4 is 23.5 Å². The van der Waals surface area contributed by atoms with E-state index in [9.17, 15) is 29.4 Å². The molecular formula is C51H72O7. The average molecular weight is 797 g/mol. The van der Waals surface area contributed by atoms with Gasteiger partial charge in [-0.05, 0) is 195 Å². The molecule has 7 saturated carbocycles. The van der Waals surface area contributed by atoms with Crippen LogP contribution in [-0.4, -0.2) is 46.4 Å². The fraction of sp³-hybridized carbons (Fsp3) is 0.804. The van der Waals surface area contributed by atoms with E-state index in [1.54, 1.807) is 0 Å². The molecule has 9 aliphatic carbocycles. The number of carboxylic acids is 2. The fourth-order valence-corrected chi connectivity index (χ4v) is 17.8. The predicted molar refractivity (Wildman–Crippen MR) is 223 cm³/mol. The second kappa shape index (κ2) is 14.5. The first-order valence-electron chi connectivity index (χ1n) is 23.8. The second-order valence-corrected chi connectivity index (χ2v) is 22.7. The molecule has 1 spiro atoms. The minimum Gasteiger partial charge on any atom is -0.481 e. The zero-order valence-electron chi connectivity index (χ0n) is 36.2. The third-order valence-corrected chi connectivity index (χ3v) is 20.7. The van der Waals surface area contributed by atoms with Crippen LogP contribution in [0.3, 0.4) is 0 Å². The Bertz CT molecular complexity index is 1800. The summed E-state index contributed by atoms with van der Waals surface area (Å²) in [4.78, 5) is 49.4. The third kappa shape index (κ3) is 6.33. The van der Waals surface area contributed by atoms with Gasteiger partial charge < -0.3 is 14.9 Å². The molecule has 2 N–H and O–H groups in total. The van der Waals surface area contributed by atoms with Crippen LogP contribution in [0.1, 0.15) is 157 Å². The minimum absolute atomic E-state index is 0.00236. The molecular weight excluding hydrogens is 725 g/mol. The maximum absolute atomic E-state index is 13.1. The van der Waals surface area contributed by atoms with Gasteiger partial charge in [-0.1, -0.05) is 51.8 Å². The van der Waals surface area contributed by atoms with Crippen LogP contribution >= 0.6 is 0 Å². The van der Waals surface area contributed by atoms with E-state index in [4.69, 9.17) is 4.74 Å². The summed E-state index contributed by atoms with van der Waals surface area (Å²) in [6.07, 6.45) is 26.3. The molecule has 0 aliphatic heterocycles. The van der Waals surface area contributed by atoms with Gasteiger partial charge in [0.05, 0.1) is 12.7 Å². The van der Waals surface area contributed by atoms with E-state index in [1.807, 2.05) is 18.2 Å². The maximum Gasteiger partial charge on any atom is 0.327 e. The number of ketones is 2. The number of hydrogen-bond donors (Lipinski definition) is 2. The molecule has 0 aromatic rings. The number of rotatable bonds is 10. The highest BCUT2D eigenvalue weighted by atomic mass is 16.5. The number of fused-ring (bicyclic) bond motifs is 11. The predicted octanol–water partition coefficient (Wildman–Crippen LogP) is 10.8. The van der Waals surface area contributed by atoms with Gasteiger partial charge in [0.25, 0.3) is 0 Å². The Morgan fingerprint density at radius 1 is 0.759 bits per heavy atom. The molecule has 318 valence electrons. The number of carbonyl (C=O) groups excluding carboxylic acids is 2. The lowest BCUT2D eigenvalue weighted by Gasteiger charge is -2.58. The van der Waals surface area contributed by atoms with Crippen LogP contribution < -0.4 is 0 Å². The number of allylic oxidation sites excluding steroid dienone is 2. The van der Waals surface area contributed by atoms with Crippen molar-refractivity contribution in [1.82, 2.24) is 0 Å². The lowest BCUT2D eigenvalue weighted by atomic mass is 9.46. The summed E-state index contributed by atoms with van der Waals surface area (Å²) < 4.78 is 7.47. The summed E-state index contributed by atoms with van der Waals surface area (Å²) in [5, 5.41) is 19.6.